The predicted molar refractivity (Wildman–Crippen MR) is 89.0 cm³/mol. The molecule has 1 aromatic carbocycles. The maximum atomic E-state index is 12.0. The van der Waals surface area contributed by atoms with E-state index in [1.54, 1.807) is 5.51 Å². The highest BCUT2D eigenvalue weighted by Crippen LogP contribution is 2.24. The lowest BCUT2D eigenvalue weighted by Gasteiger charge is -2.20. The Bertz CT molecular complexity index is 639. The van der Waals surface area contributed by atoms with E-state index in [4.69, 9.17) is 0 Å². The molecule has 116 valence electrons. The first kappa shape index (κ1) is 15.0. The topological polar surface area (TPSA) is 54.0 Å². The van der Waals surface area contributed by atoms with Crippen LogP contribution in [-0.4, -0.2) is 11.0 Å². The highest BCUT2D eigenvalue weighted by molar-refractivity contribution is 7.07. The van der Waals surface area contributed by atoms with Crippen molar-refractivity contribution in [2.24, 2.45) is 0 Å². The first-order valence-corrected chi connectivity index (χ1v) is 8.70. The first-order valence-electron chi connectivity index (χ1n) is 7.75. The lowest BCUT2D eigenvalue weighted by atomic mass is 9.89. The molecule has 0 spiro atoms. The molecule has 1 unspecified atom stereocenters. The monoisotopic (exact) mass is 315 g/mol. The lowest BCUT2D eigenvalue weighted by molar-refractivity contribution is 0.237. The van der Waals surface area contributed by atoms with Gasteiger partial charge in [-0.2, -0.15) is 0 Å². The van der Waals surface area contributed by atoms with Gasteiger partial charge in [-0.15, -0.1) is 11.3 Å². The van der Waals surface area contributed by atoms with Crippen LogP contribution >= 0.6 is 11.3 Å². The maximum absolute atomic E-state index is 12.0. The number of aryl methyl sites for hydroxylation is 2. The zero-order chi connectivity index (χ0) is 15.4. The van der Waals surface area contributed by atoms with Crippen molar-refractivity contribution in [3.05, 3.63) is 51.5 Å². The molecule has 2 aromatic rings. The first-order chi connectivity index (χ1) is 10.7. The number of carbonyl (C=O) groups excluding carboxylic acids is 1. The van der Waals surface area contributed by atoms with E-state index in [0.717, 1.165) is 12.1 Å². The van der Waals surface area contributed by atoms with E-state index in [2.05, 4.69) is 33.8 Å². The van der Waals surface area contributed by atoms with Gasteiger partial charge < -0.3 is 10.6 Å². The van der Waals surface area contributed by atoms with Gasteiger partial charge in [-0.1, -0.05) is 18.2 Å². The normalized spacial score (nSPS) is 15.0. The number of urea groups is 1. The van der Waals surface area contributed by atoms with Crippen LogP contribution < -0.4 is 10.6 Å². The summed E-state index contributed by atoms with van der Waals surface area (Å²) in [5.41, 5.74) is 6.74. The van der Waals surface area contributed by atoms with E-state index in [0.29, 0.717) is 6.54 Å². The molecule has 4 nitrogen and oxygen atoms in total. The van der Waals surface area contributed by atoms with Crippen LogP contribution in [0, 0.1) is 0 Å². The van der Waals surface area contributed by atoms with E-state index >= 15 is 0 Å². The molecule has 3 rings (SSSR count). The fourth-order valence-electron chi connectivity index (χ4n) is 2.85. The number of hydrogen-bond donors (Lipinski definition) is 2. The van der Waals surface area contributed by atoms with Gasteiger partial charge in [0.15, 0.2) is 0 Å². The molecule has 5 heteroatoms. The maximum Gasteiger partial charge on any atom is 0.315 e. The van der Waals surface area contributed by atoms with Crippen molar-refractivity contribution in [1.82, 2.24) is 15.6 Å². The van der Waals surface area contributed by atoms with Gasteiger partial charge in [0.1, 0.15) is 0 Å². The lowest BCUT2D eigenvalue weighted by Crippen LogP contribution is -2.36. The summed E-state index contributed by atoms with van der Waals surface area (Å²) in [5, 5.41) is 7.77. The molecule has 0 aliphatic heterocycles. The molecular formula is C17H21N3OS. The summed E-state index contributed by atoms with van der Waals surface area (Å²) < 4.78 is 0. The third-order valence-corrected chi connectivity index (χ3v) is 4.77. The smallest absolute Gasteiger partial charge is 0.315 e. The molecule has 22 heavy (non-hydrogen) atoms. The second kappa shape index (κ2) is 6.92. The van der Waals surface area contributed by atoms with Gasteiger partial charge in [-0.25, -0.2) is 9.78 Å². The van der Waals surface area contributed by atoms with Crippen molar-refractivity contribution >= 4 is 17.4 Å². The quantitative estimate of drug-likeness (QED) is 0.906. The van der Waals surface area contributed by atoms with Crippen molar-refractivity contribution in [1.29, 1.82) is 0 Å². The van der Waals surface area contributed by atoms with Crippen molar-refractivity contribution in [2.75, 3.05) is 0 Å². The van der Waals surface area contributed by atoms with Crippen LogP contribution in [0.5, 0.6) is 0 Å². The number of thiazole rings is 1. The van der Waals surface area contributed by atoms with Crippen molar-refractivity contribution < 1.29 is 4.79 Å². The Morgan fingerprint density at radius 3 is 2.91 bits per heavy atom. The molecule has 1 atom stereocenters. The number of carbonyl (C=O) groups is 1. The summed E-state index contributed by atoms with van der Waals surface area (Å²) >= 11 is 1.53. The number of amides is 2. The third kappa shape index (κ3) is 3.65. The van der Waals surface area contributed by atoms with Gasteiger partial charge in [0, 0.05) is 5.38 Å². The Hall–Kier alpha value is -1.88. The fraction of sp³-hybridized carbons (Fsp3) is 0.412. The third-order valence-electron chi connectivity index (χ3n) is 4.13. The Kier molecular flexibility index (Phi) is 4.73. The summed E-state index contributed by atoms with van der Waals surface area (Å²) in [5.74, 6) is 0. The highest BCUT2D eigenvalue weighted by atomic mass is 32.1. The van der Waals surface area contributed by atoms with Crippen LogP contribution in [0.3, 0.4) is 0 Å². The minimum absolute atomic E-state index is 0.00246. The average Bonchev–Trinajstić information content (AvgIpc) is 3.06. The second-order valence-electron chi connectivity index (χ2n) is 5.76. The van der Waals surface area contributed by atoms with Crippen molar-refractivity contribution in [3.8, 4) is 0 Å². The van der Waals surface area contributed by atoms with Gasteiger partial charge in [0.2, 0.25) is 0 Å². The van der Waals surface area contributed by atoms with Crippen LogP contribution in [0.2, 0.25) is 0 Å². The van der Waals surface area contributed by atoms with Gasteiger partial charge >= 0.3 is 6.03 Å². The zero-order valence-electron chi connectivity index (χ0n) is 12.8. The molecule has 1 heterocycles. The molecule has 1 aliphatic carbocycles. The van der Waals surface area contributed by atoms with E-state index < -0.39 is 0 Å². The Balaban J connectivity index is 1.56. The van der Waals surface area contributed by atoms with Crippen LogP contribution in [-0.2, 0) is 19.4 Å². The summed E-state index contributed by atoms with van der Waals surface area (Å²) in [7, 11) is 0. The van der Waals surface area contributed by atoms with E-state index in [9.17, 15) is 4.79 Å². The van der Waals surface area contributed by atoms with E-state index in [-0.39, 0.29) is 12.1 Å². The molecular weight excluding hydrogens is 294 g/mol. The molecule has 0 saturated heterocycles. The minimum atomic E-state index is -0.154. The number of rotatable bonds is 4. The molecule has 0 saturated carbocycles. The second-order valence-corrected chi connectivity index (χ2v) is 6.48. The van der Waals surface area contributed by atoms with Crippen LogP contribution in [0.1, 0.15) is 48.2 Å². The van der Waals surface area contributed by atoms with Gasteiger partial charge in [-0.05, 0) is 49.3 Å². The van der Waals surface area contributed by atoms with Crippen LogP contribution in [0.25, 0.3) is 0 Å². The summed E-state index contributed by atoms with van der Waals surface area (Å²) in [4.78, 5) is 16.1. The van der Waals surface area contributed by atoms with E-state index in [1.807, 2.05) is 12.3 Å². The predicted octanol–water partition coefficient (Wildman–Crippen LogP) is 3.58. The summed E-state index contributed by atoms with van der Waals surface area (Å²) in [6.07, 6.45) is 4.91. The van der Waals surface area contributed by atoms with Crippen LogP contribution in [0.4, 0.5) is 4.79 Å². The number of benzene rings is 1. The zero-order valence-corrected chi connectivity index (χ0v) is 13.6. The highest BCUT2D eigenvalue weighted by Gasteiger charge is 2.14. The van der Waals surface area contributed by atoms with Gasteiger partial charge in [0.05, 0.1) is 23.8 Å². The van der Waals surface area contributed by atoms with E-state index in [1.165, 1.54) is 47.3 Å². The number of aromatic nitrogens is 1. The summed E-state index contributed by atoms with van der Waals surface area (Å²) in [6, 6.07) is 6.45. The molecule has 2 amide bonds. The summed E-state index contributed by atoms with van der Waals surface area (Å²) in [6.45, 7) is 2.49. The molecule has 1 aromatic heterocycles. The minimum Gasteiger partial charge on any atom is -0.332 e. The van der Waals surface area contributed by atoms with Crippen molar-refractivity contribution in [3.63, 3.8) is 0 Å². The Morgan fingerprint density at radius 1 is 1.32 bits per heavy atom. The Morgan fingerprint density at radius 2 is 2.14 bits per heavy atom. The molecule has 0 fully saturated rings. The van der Waals surface area contributed by atoms with Gasteiger partial charge in [-0.3, -0.25) is 0 Å². The number of fused-ring (bicyclic) bond motifs is 1. The van der Waals surface area contributed by atoms with Crippen molar-refractivity contribution in [2.45, 2.75) is 45.2 Å². The van der Waals surface area contributed by atoms with Crippen LogP contribution in [0.15, 0.2) is 29.1 Å². The Labute approximate surface area is 135 Å². The number of nitrogens with zero attached hydrogens (tertiary/aromatic N) is 1. The molecule has 0 bridgehead atoms. The molecule has 0 radical (unpaired) electrons. The molecule has 2 N–H and O–H groups in total. The average molecular weight is 315 g/mol. The SMILES string of the molecule is CC(NC(=O)NCc1cscn1)c1ccc2c(c1)CCCC2. The molecule has 1 aliphatic rings. The van der Waals surface area contributed by atoms with Gasteiger partial charge in [0.25, 0.3) is 0 Å². The standard InChI is InChI=1S/C17H21N3OS/c1-12(20-17(21)18-9-16-10-22-11-19-16)14-7-6-13-4-2-3-5-15(13)8-14/h6-8,10-12H,2-5,9H2,1H3,(H2,18,20,21). The number of hydrogen-bond acceptors (Lipinski definition) is 3. The largest absolute Gasteiger partial charge is 0.332 e. The fourth-order valence-corrected chi connectivity index (χ4v) is 3.41. The number of nitrogens with one attached hydrogen (secondary N) is 2.